The van der Waals surface area contributed by atoms with Gasteiger partial charge in [0.2, 0.25) is 0 Å². The fraction of sp³-hybridized carbons (Fsp3) is 0.920. The summed E-state index contributed by atoms with van der Waals surface area (Å²) in [6, 6.07) is 0. The molecule has 3 aliphatic rings. The molecule has 33 heavy (non-hydrogen) atoms. The highest BCUT2D eigenvalue weighted by Crippen LogP contribution is 2.64. The van der Waals surface area contributed by atoms with Gasteiger partial charge in [-0.05, 0) is 69.6 Å². The topological polar surface area (TPSA) is 140 Å². The summed E-state index contributed by atoms with van der Waals surface area (Å²) >= 11 is 0. The van der Waals surface area contributed by atoms with Crippen LogP contribution in [0, 0.1) is 22.7 Å². The van der Waals surface area contributed by atoms with Gasteiger partial charge in [-0.2, -0.15) is 0 Å². The molecular weight excluding hydrogens is 428 g/mol. The summed E-state index contributed by atoms with van der Waals surface area (Å²) in [4.78, 5) is 0. The second-order valence-electron chi connectivity index (χ2n) is 11.6. The number of aliphatic hydroxyl groups is 6. The quantitative estimate of drug-likeness (QED) is 0.239. The molecule has 1 saturated heterocycles. The molecule has 3 fully saturated rings. The molecule has 0 aromatic carbocycles. The third-order valence-electron chi connectivity index (χ3n) is 9.33. The monoisotopic (exact) mass is 472 g/mol. The van der Waals surface area contributed by atoms with E-state index < -0.39 is 47.3 Å². The molecule has 3 rings (SSSR count). The zero-order valence-corrected chi connectivity index (χ0v) is 20.5. The highest BCUT2D eigenvalue weighted by atomic mass is 16.7. The first-order valence-electron chi connectivity index (χ1n) is 12.2. The summed E-state index contributed by atoms with van der Waals surface area (Å²) in [5.41, 5.74) is -2.76. The van der Waals surface area contributed by atoms with Crippen LogP contribution >= 0.6 is 0 Å². The normalized spacial score (nSPS) is 50.3. The lowest BCUT2D eigenvalue weighted by molar-refractivity contribution is -0.326. The zero-order chi connectivity index (χ0) is 24.8. The summed E-state index contributed by atoms with van der Waals surface area (Å²) in [5, 5.41) is 62.2. The third-order valence-corrected chi connectivity index (χ3v) is 9.33. The van der Waals surface area contributed by atoms with E-state index in [2.05, 4.69) is 13.5 Å². The lowest BCUT2D eigenvalue weighted by atomic mass is 9.44. The Balaban J connectivity index is 1.95. The van der Waals surface area contributed by atoms with Crippen LogP contribution in [0.5, 0.6) is 0 Å². The predicted octanol–water partition coefficient (Wildman–Crippen LogP) is 1.10. The van der Waals surface area contributed by atoms with Crippen LogP contribution in [0.15, 0.2) is 12.7 Å². The van der Waals surface area contributed by atoms with Crippen molar-refractivity contribution in [2.45, 2.75) is 108 Å². The summed E-state index contributed by atoms with van der Waals surface area (Å²) in [7, 11) is 0. The van der Waals surface area contributed by atoms with Crippen LogP contribution in [0.3, 0.4) is 0 Å². The van der Waals surface area contributed by atoms with Gasteiger partial charge >= 0.3 is 0 Å². The summed E-state index contributed by atoms with van der Waals surface area (Å²) in [6.07, 6.45) is -0.407. The van der Waals surface area contributed by atoms with E-state index in [0.29, 0.717) is 32.1 Å². The Hall–Kier alpha value is -0.580. The Morgan fingerprint density at radius 2 is 1.76 bits per heavy atom. The van der Waals surface area contributed by atoms with Gasteiger partial charge in [0.05, 0.1) is 30.5 Å². The molecule has 0 aromatic rings. The van der Waals surface area contributed by atoms with Crippen molar-refractivity contribution in [3.63, 3.8) is 0 Å². The van der Waals surface area contributed by atoms with E-state index >= 15 is 0 Å². The van der Waals surface area contributed by atoms with Crippen molar-refractivity contribution in [1.82, 2.24) is 0 Å². The van der Waals surface area contributed by atoms with Crippen LogP contribution < -0.4 is 0 Å². The van der Waals surface area contributed by atoms with Crippen LogP contribution in [0.1, 0.15) is 66.2 Å². The maximum Gasteiger partial charge on any atom is 0.186 e. The van der Waals surface area contributed by atoms with Crippen molar-refractivity contribution in [3.8, 4) is 0 Å². The first-order chi connectivity index (χ1) is 15.2. The minimum Gasteiger partial charge on any atom is -0.396 e. The Labute approximate surface area is 197 Å². The van der Waals surface area contributed by atoms with Gasteiger partial charge in [-0.25, -0.2) is 0 Å². The first-order valence-corrected chi connectivity index (χ1v) is 12.2. The Morgan fingerprint density at radius 3 is 2.36 bits per heavy atom. The van der Waals surface area contributed by atoms with E-state index in [9.17, 15) is 30.6 Å². The molecular formula is C25H44O8. The molecule has 1 aliphatic heterocycles. The average Bonchev–Trinajstić information content (AvgIpc) is 2.76. The molecule has 6 N–H and O–H groups in total. The van der Waals surface area contributed by atoms with Gasteiger partial charge in [0.25, 0.3) is 0 Å². The molecule has 192 valence electrons. The van der Waals surface area contributed by atoms with Crippen LogP contribution in [0.4, 0.5) is 0 Å². The molecule has 8 nitrogen and oxygen atoms in total. The smallest absolute Gasteiger partial charge is 0.186 e. The lowest BCUT2D eigenvalue weighted by Crippen LogP contribution is -2.64. The fourth-order valence-corrected chi connectivity index (χ4v) is 6.99. The number of aliphatic hydroxyl groups excluding tert-OH is 5. The first kappa shape index (κ1) is 27.0. The fourth-order valence-electron chi connectivity index (χ4n) is 6.99. The Kier molecular flexibility index (Phi) is 7.75. The molecule has 2 aliphatic carbocycles. The number of hydrogen-bond donors (Lipinski definition) is 6. The minimum atomic E-state index is -1.39. The Bertz CT molecular complexity index is 700. The van der Waals surface area contributed by atoms with Crippen molar-refractivity contribution in [2.24, 2.45) is 22.7 Å². The summed E-state index contributed by atoms with van der Waals surface area (Å²) in [6.45, 7) is 11.3. The molecule has 11 atom stereocenters. The SMILES string of the molecule is C=C[C@](C)(O)CC[C@@H]1[C@@]2(C)CC[C@H](O)[C@@](C)(CO)[C@@H]2CC[C@@]1(C)O[C@@H]1OC[C@H](O)[C@H](O)[C@H]1O. The van der Waals surface area contributed by atoms with E-state index in [0.717, 1.165) is 6.42 Å². The number of fused-ring (bicyclic) bond motifs is 1. The van der Waals surface area contributed by atoms with Crippen molar-refractivity contribution in [3.05, 3.63) is 12.7 Å². The maximum atomic E-state index is 10.8. The average molecular weight is 473 g/mol. The van der Waals surface area contributed by atoms with Crippen molar-refractivity contribution in [1.29, 1.82) is 0 Å². The summed E-state index contributed by atoms with van der Waals surface area (Å²) in [5.74, 6) is -0.0490. The van der Waals surface area contributed by atoms with Gasteiger partial charge in [-0.1, -0.05) is 19.9 Å². The standard InChI is InChI=1S/C25H44O8/c1-6-22(2,31)10-7-17-23(3)11-9-18(28)24(4,14-26)16(23)8-12-25(17,5)33-21-20(30)19(29)15(27)13-32-21/h6,15-21,26-31H,1,7-14H2,2-5H3/t15-,16+,17+,18-,19-,20+,21-,22-,23-,24-,25+/m0/s1. The largest absolute Gasteiger partial charge is 0.396 e. The van der Waals surface area contributed by atoms with E-state index in [-0.39, 0.29) is 30.5 Å². The third kappa shape index (κ3) is 4.78. The molecule has 2 saturated carbocycles. The van der Waals surface area contributed by atoms with Gasteiger partial charge in [0.15, 0.2) is 6.29 Å². The molecule has 8 heteroatoms. The summed E-state index contributed by atoms with van der Waals surface area (Å²) < 4.78 is 12.0. The van der Waals surface area contributed by atoms with E-state index in [1.54, 1.807) is 6.92 Å². The predicted molar refractivity (Wildman–Crippen MR) is 122 cm³/mol. The lowest BCUT2D eigenvalue weighted by Gasteiger charge is -2.64. The molecule has 0 spiro atoms. The highest BCUT2D eigenvalue weighted by Gasteiger charge is 2.62. The van der Waals surface area contributed by atoms with E-state index in [1.807, 2.05) is 13.8 Å². The van der Waals surface area contributed by atoms with Gasteiger partial charge in [0, 0.05) is 5.41 Å². The van der Waals surface area contributed by atoms with Gasteiger partial charge < -0.3 is 40.1 Å². The van der Waals surface area contributed by atoms with Gasteiger partial charge in [-0.15, -0.1) is 6.58 Å². The van der Waals surface area contributed by atoms with Crippen LogP contribution in [-0.4, -0.2) is 85.8 Å². The molecule has 0 bridgehead atoms. The van der Waals surface area contributed by atoms with E-state index in [4.69, 9.17) is 9.47 Å². The minimum absolute atomic E-state index is 0.0405. The van der Waals surface area contributed by atoms with Crippen LogP contribution in [-0.2, 0) is 9.47 Å². The molecule has 1 heterocycles. The number of rotatable bonds is 7. The molecule has 0 amide bonds. The molecule has 0 unspecified atom stereocenters. The van der Waals surface area contributed by atoms with Crippen molar-refractivity contribution >= 4 is 0 Å². The van der Waals surface area contributed by atoms with Crippen molar-refractivity contribution in [2.75, 3.05) is 13.2 Å². The van der Waals surface area contributed by atoms with Gasteiger partial charge in [-0.3, -0.25) is 0 Å². The molecule has 0 aromatic heterocycles. The van der Waals surface area contributed by atoms with Crippen molar-refractivity contribution < 1.29 is 40.1 Å². The second kappa shape index (κ2) is 9.47. The number of hydrogen-bond acceptors (Lipinski definition) is 8. The van der Waals surface area contributed by atoms with E-state index in [1.165, 1.54) is 6.08 Å². The van der Waals surface area contributed by atoms with Crippen LogP contribution in [0.2, 0.25) is 0 Å². The molecule has 0 radical (unpaired) electrons. The second-order valence-corrected chi connectivity index (χ2v) is 11.6. The zero-order valence-electron chi connectivity index (χ0n) is 20.5. The number of ether oxygens (including phenoxy) is 2. The van der Waals surface area contributed by atoms with Gasteiger partial charge in [0.1, 0.15) is 18.3 Å². The maximum absolute atomic E-state index is 10.8. The Morgan fingerprint density at radius 1 is 1.09 bits per heavy atom. The highest BCUT2D eigenvalue weighted by molar-refractivity contribution is 5.12. The van der Waals surface area contributed by atoms with Crippen LogP contribution in [0.25, 0.3) is 0 Å².